The molecule has 1 rings (SSSR count). The molecule has 0 saturated carbocycles. The monoisotopic (exact) mass is 150 g/mol. The van der Waals surface area contributed by atoms with E-state index in [-0.39, 0.29) is 11.0 Å². The van der Waals surface area contributed by atoms with Crippen molar-refractivity contribution >= 4 is 11.0 Å². The molecule has 0 amide bonds. The van der Waals surface area contributed by atoms with Gasteiger partial charge in [-0.15, -0.1) is 6.58 Å². The van der Waals surface area contributed by atoms with Crippen molar-refractivity contribution in [2.75, 3.05) is 0 Å². The molecule has 1 aromatic rings. The second-order valence-electron chi connectivity index (χ2n) is 1.98. The first-order valence-electron chi connectivity index (χ1n) is 3.08. The van der Waals surface area contributed by atoms with Crippen LogP contribution in [0.4, 0.5) is 0 Å². The van der Waals surface area contributed by atoms with E-state index in [9.17, 15) is 0 Å². The van der Waals surface area contributed by atoms with Crippen LogP contribution < -0.4 is 0 Å². The molecular weight excluding hydrogens is 136 g/mol. The molecule has 0 fully saturated rings. The van der Waals surface area contributed by atoms with E-state index in [0.29, 0.717) is 0 Å². The molecule has 0 unspecified atom stereocenters. The van der Waals surface area contributed by atoms with E-state index >= 15 is 0 Å². The second-order valence-corrected chi connectivity index (χ2v) is 1.98. The normalized spacial score (nSPS) is 8.00. The SMILES string of the molecule is C=CCc1ccccc1.[SiH4]. The third-order valence-electron chi connectivity index (χ3n) is 1.22. The summed E-state index contributed by atoms with van der Waals surface area (Å²) in [6.45, 7) is 3.66. The number of hydrogen-bond donors (Lipinski definition) is 0. The zero-order valence-electron chi connectivity index (χ0n) is 5.38. The molecule has 54 valence electrons. The van der Waals surface area contributed by atoms with Gasteiger partial charge < -0.3 is 0 Å². The van der Waals surface area contributed by atoms with Crippen molar-refractivity contribution in [3.63, 3.8) is 0 Å². The number of allylic oxidation sites excluding steroid dienone is 1. The summed E-state index contributed by atoms with van der Waals surface area (Å²) >= 11 is 0. The van der Waals surface area contributed by atoms with Gasteiger partial charge in [0.1, 0.15) is 0 Å². The minimum Gasteiger partial charge on any atom is -0.103 e. The molecule has 0 aliphatic carbocycles. The Morgan fingerprint density at radius 3 is 2.30 bits per heavy atom. The van der Waals surface area contributed by atoms with Crippen LogP contribution in [0.2, 0.25) is 0 Å². The Labute approximate surface area is 66.6 Å². The predicted octanol–water partition coefficient (Wildman–Crippen LogP) is 0.963. The average molecular weight is 150 g/mol. The van der Waals surface area contributed by atoms with Crippen molar-refractivity contribution in [3.05, 3.63) is 48.6 Å². The van der Waals surface area contributed by atoms with Gasteiger partial charge in [-0.2, -0.15) is 0 Å². The van der Waals surface area contributed by atoms with E-state index in [1.165, 1.54) is 5.56 Å². The first kappa shape index (κ1) is 9.18. The summed E-state index contributed by atoms with van der Waals surface area (Å²) in [7, 11) is 0. The summed E-state index contributed by atoms with van der Waals surface area (Å²) in [4.78, 5) is 0. The van der Waals surface area contributed by atoms with Gasteiger partial charge in [0, 0.05) is 0 Å². The summed E-state index contributed by atoms with van der Waals surface area (Å²) in [6.07, 6.45) is 2.89. The largest absolute Gasteiger partial charge is 0.103 e. The Bertz CT molecular complexity index is 179. The zero-order valence-corrected chi connectivity index (χ0v) is 5.38. The highest BCUT2D eigenvalue weighted by Crippen LogP contribution is 1.98. The van der Waals surface area contributed by atoms with Crippen LogP contribution in [0.3, 0.4) is 0 Å². The Balaban J connectivity index is 0.000000810. The van der Waals surface area contributed by atoms with Crippen LogP contribution in [0, 0.1) is 0 Å². The van der Waals surface area contributed by atoms with E-state index in [1.54, 1.807) is 0 Å². The lowest BCUT2D eigenvalue weighted by Gasteiger charge is -1.91. The maximum Gasteiger partial charge on any atom is -0.0100 e. The molecule has 0 aliphatic heterocycles. The molecule has 0 aromatic heterocycles. The number of rotatable bonds is 2. The smallest absolute Gasteiger partial charge is 0.0100 e. The minimum absolute atomic E-state index is 0. The molecule has 0 bridgehead atoms. The van der Waals surface area contributed by atoms with E-state index in [1.807, 2.05) is 24.3 Å². The van der Waals surface area contributed by atoms with Gasteiger partial charge in [0.2, 0.25) is 0 Å². The molecule has 0 N–H and O–H groups in total. The Kier molecular flexibility index (Phi) is 4.59. The van der Waals surface area contributed by atoms with Crippen LogP contribution in [0.5, 0.6) is 0 Å². The van der Waals surface area contributed by atoms with Gasteiger partial charge in [-0.1, -0.05) is 36.4 Å². The lowest BCUT2D eigenvalue weighted by molar-refractivity contribution is 1.28. The van der Waals surface area contributed by atoms with Crippen LogP contribution in [0.1, 0.15) is 5.56 Å². The van der Waals surface area contributed by atoms with Gasteiger partial charge in [-0.3, -0.25) is 0 Å². The fourth-order valence-electron chi connectivity index (χ4n) is 0.781. The van der Waals surface area contributed by atoms with Crippen molar-refractivity contribution in [1.29, 1.82) is 0 Å². The first-order valence-corrected chi connectivity index (χ1v) is 3.08. The fraction of sp³-hybridized carbons (Fsp3) is 0.111. The second kappa shape index (κ2) is 5.00. The van der Waals surface area contributed by atoms with E-state index in [4.69, 9.17) is 0 Å². The van der Waals surface area contributed by atoms with Gasteiger partial charge in [-0.05, 0) is 22.9 Å². The number of benzene rings is 1. The molecule has 0 radical (unpaired) electrons. The highest BCUT2D eigenvalue weighted by atomic mass is 28.1. The molecule has 0 saturated heterocycles. The Hall–Kier alpha value is -0.823. The quantitative estimate of drug-likeness (QED) is 0.435. The van der Waals surface area contributed by atoms with E-state index in [2.05, 4.69) is 18.7 Å². The van der Waals surface area contributed by atoms with Crippen LogP contribution in [-0.4, -0.2) is 11.0 Å². The third kappa shape index (κ3) is 2.64. The minimum atomic E-state index is 0. The van der Waals surface area contributed by atoms with Gasteiger partial charge in [0.05, 0.1) is 0 Å². The predicted molar refractivity (Wildman–Crippen MR) is 51.7 cm³/mol. The van der Waals surface area contributed by atoms with Crippen LogP contribution >= 0.6 is 0 Å². The lowest BCUT2D eigenvalue weighted by atomic mass is 10.2. The molecule has 0 nitrogen and oxygen atoms in total. The van der Waals surface area contributed by atoms with Crippen LogP contribution in [-0.2, 0) is 6.42 Å². The summed E-state index contributed by atoms with van der Waals surface area (Å²) < 4.78 is 0. The Morgan fingerprint density at radius 2 is 1.80 bits per heavy atom. The molecule has 0 atom stereocenters. The summed E-state index contributed by atoms with van der Waals surface area (Å²) in [5.41, 5.74) is 1.33. The summed E-state index contributed by atoms with van der Waals surface area (Å²) in [6, 6.07) is 10.3. The summed E-state index contributed by atoms with van der Waals surface area (Å²) in [5.74, 6) is 0. The maximum atomic E-state index is 3.66. The van der Waals surface area contributed by atoms with Crippen LogP contribution in [0.25, 0.3) is 0 Å². The Morgan fingerprint density at radius 1 is 1.20 bits per heavy atom. The molecule has 0 heterocycles. The number of hydrogen-bond acceptors (Lipinski definition) is 0. The molecule has 1 heteroatoms. The highest BCUT2D eigenvalue weighted by Gasteiger charge is 1.82. The molecule has 10 heavy (non-hydrogen) atoms. The molecule has 0 spiro atoms. The lowest BCUT2D eigenvalue weighted by Crippen LogP contribution is -1.75. The van der Waals surface area contributed by atoms with E-state index < -0.39 is 0 Å². The fourth-order valence-corrected chi connectivity index (χ4v) is 0.781. The molecule has 1 aromatic carbocycles. The molecular formula is C9H14Si. The van der Waals surface area contributed by atoms with Gasteiger partial charge >= 0.3 is 0 Å². The van der Waals surface area contributed by atoms with Crippen molar-refractivity contribution in [2.24, 2.45) is 0 Å². The van der Waals surface area contributed by atoms with Gasteiger partial charge in [0.15, 0.2) is 0 Å². The van der Waals surface area contributed by atoms with Gasteiger partial charge in [-0.25, -0.2) is 0 Å². The maximum absolute atomic E-state index is 3.66. The average Bonchev–Trinajstić information content (AvgIpc) is 1.91. The topological polar surface area (TPSA) is 0 Å². The van der Waals surface area contributed by atoms with Gasteiger partial charge in [0.25, 0.3) is 0 Å². The molecule has 0 aliphatic rings. The van der Waals surface area contributed by atoms with E-state index in [0.717, 1.165) is 6.42 Å². The van der Waals surface area contributed by atoms with Crippen molar-refractivity contribution in [1.82, 2.24) is 0 Å². The third-order valence-corrected chi connectivity index (χ3v) is 1.22. The highest BCUT2D eigenvalue weighted by molar-refractivity contribution is 5.75. The zero-order chi connectivity index (χ0) is 6.53. The first-order chi connectivity index (χ1) is 4.43. The van der Waals surface area contributed by atoms with Crippen LogP contribution in [0.15, 0.2) is 43.0 Å². The van der Waals surface area contributed by atoms with Crippen molar-refractivity contribution in [2.45, 2.75) is 6.42 Å². The summed E-state index contributed by atoms with van der Waals surface area (Å²) in [5, 5.41) is 0. The standard InChI is InChI=1S/C9H10.H4Si/c1-2-6-9-7-4-3-5-8-9;/h2-5,7-8H,1,6H2;1H4. The van der Waals surface area contributed by atoms with Crippen molar-refractivity contribution < 1.29 is 0 Å². The van der Waals surface area contributed by atoms with Crippen molar-refractivity contribution in [3.8, 4) is 0 Å².